The first kappa shape index (κ1) is 15.9. The lowest BCUT2D eigenvalue weighted by Crippen LogP contribution is -2.42. The number of aromatic nitrogens is 1. The monoisotopic (exact) mass is 352 g/mol. The number of hydrogen-bond donors (Lipinski definition) is 1. The number of carbonyl (C=O) groups is 1. The van der Waals surface area contributed by atoms with Gasteiger partial charge in [0.05, 0.1) is 21.4 Å². The molecule has 3 rings (SSSR count). The molecule has 1 aliphatic heterocycles. The van der Waals surface area contributed by atoms with Crippen LogP contribution in [0, 0.1) is 5.82 Å². The van der Waals surface area contributed by atoms with Crippen molar-refractivity contribution in [2.24, 2.45) is 10.8 Å². The highest BCUT2D eigenvalue weighted by atomic mass is 35.5. The van der Waals surface area contributed by atoms with Crippen molar-refractivity contribution < 1.29 is 9.18 Å². The molecular formula is C15H11Cl2FN4O. The van der Waals surface area contributed by atoms with Gasteiger partial charge in [0.25, 0.3) is 5.91 Å². The van der Waals surface area contributed by atoms with Gasteiger partial charge in [-0.2, -0.15) is 0 Å². The highest BCUT2D eigenvalue weighted by Gasteiger charge is 2.31. The van der Waals surface area contributed by atoms with Crippen molar-refractivity contribution in [1.82, 2.24) is 4.98 Å². The molecule has 2 N–H and O–H groups in total. The van der Waals surface area contributed by atoms with Gasteiger partial charge in [0, 0.05) is 11.8 Å². The number of amides is 1. The number of benzodiazepines with no additional fused rings is 1. The minimum atomic E-state index is -0.821. The summed E-state index contributed by atoms with van der Waals surface area (Å²) in [6, 6.07) is 4.94. The molecule has 0 radical (unpaired) electrons. The van der Waals surface area contributed by atoms with Gasteiger partial charge in [-0.1, -0.05) is 23.2 Å². The normalized spacial score (nSPS) is 17.6. The van der Waals surface area contributed by atoms with E-state index >= 15 is 0 Å². The number of halogens is 3. The van der Waals surface area contributed by atoms with Crippen LogP contribution in [0.3, 0.4) is 0 Å². The SMILES string of the molecule is CC1N=C(c2ncccc2F)c2c(ccc(Cl)c2Cl)N(N)C1=O. The molecule has 5 nitrogen and oxygen atoms in total. The molecule has 1 atom stereocenters. The Balaban J connectivity index is 2.37. The van der Waals surface area contributed by atoms with Gasteiger partial charge in [-0.3, -0.25) is 14.8 Å². The maximum Gasteiger partial charge on any atom is 0.265 e. The van der Waals surface area contributed by atoms with Crippen molar-refractivity contribution in [2.45, 2.75) is 13.0 Å². The molecular weight excluding hydrogens is 342 g/mol. The second-order valence-corrected chi connectivity index (χ2v) is 5.74. The third-order valence-corrected chi connectivity index (χ3v) is 4.27. The zero-order valence-corrected chi connectivity index (χ0v) is 13.4. The number of pyridine rings is 1. The Kier molecular flexibility index (Phi) is 4.06. The van der Waals surface area contributed by atoms with Crippen LogP contribution in [0.5, 0.6) is 0 Å². The first-order valence-electron chi connectivity index (χ1n) is 6.67. The molecule has 0 bridgehead atoms. The van der Waals surface area contributed by atoms with E-state index in [2.05, 4.69) is 9.98 Å². The quantitative estimate of drug-likeness (QED) is 0.633. The number of nitrogens with zero attached hydrogens (tertiary/aromatic N) is 3. The standard InChI is InChI=1S/C15H11Cl2FN4O/c1-7-15(23)22(19)10-5-4-8(16)12(17)11(10)14(21-7)13-9(18)3-2-6-20-13/h2-7H,19H2,1H3. The van der Waals surface area contributed by atoms with Gasteiger partial charge < -0.3 is 0 Å². The van der Waals surface area contributed by atoms with Crippen molar-refractivity contribution in [3.05, 3.63) is 57.6 Å². The Hall–Kier alpha value is -2.02. The van der Waals surface area contributed by atoms with Crippen molar-refractivity contribution in [2.75, 3.05) is 5.01 Å². The Labute approximate surface area is 141 Å². The van der Waals surface area contributed by atoms with Crippen molar-refractivity contribution in [3.8, 4) is 0 Å². The summed E-state index contributed by atoms with van der Waals surface area (Å²) < 4.78 is 14.2. The molecule has 2 aromatic rings. The first-order chi connectivity index (χ1) is 10.9. The van der Waals surface area contributed by atoms with Gasteiger partial charge >= 0.3 is 0 Å². The van der Waals surface area contributed by atoms with E-state index < -0.39 is 17.8 Å². The summed E-state index contributed by atoms with van der Waals surface area (Å²) in [4.78, 5) is 20.6. The molecule has 118 valence electrons. The van der Waals surface area contributed by atoms with Gasteiger partial charge in [-0.25, -0.2) is 15.2 Å². The van der Waals surface area contributed by atoms with E-state index in [1.54, 1.807) is 6.92 Å². The average molecular weight is 353 g/mol. The predicted molar refractivity (Wildman–Crippen MR) is 87.4 cm³/mol. The molecule has 0 saturated carbocycles. The van der Waals surface area contributed by atoms with Crippen LogP contribution >= 0.6 is 23.2 Å². The van der Waals surface area contributed by atoms with Crippen LogP contribution in [0.4, 0.5) is 10.1 Å². The highest BCUT2D eigenvalue weighted by Crippen LogP contribution is 2.36. The third kappa shape index (κ3) is 2.59. The van der Waals surface area contributed by atoms with E-state index in [0.717, 1.165) is 5.01 Å². The lowest BCUT2D eigenvalue weighted by atomic mass is 10.0. The van der Waals surface area contributed by atoms with Gasteiger partial charge in [0.2, 0.25) is 0 Å². The van der Waals surface area contributed by atoms with Crippen molar-refractivity contribution >= 4 is 40.5 Å². The van der Waals surface area contributed by atoms with Gasteiger partial charge in [-0.15, -0.1) is 0 Å². The summed E-state index contributed by atoms with van der Waals surface area (Å²) in [5, 5.41) is 1.31. The average Bonchev–Trinajstić information content (AvgIpc) is 2.62. The number of benzene rings is 1. The van der Waals surface area contributed by atoms with Crippen molar-refractivity contribution in [3.63, 3.8) is 0 Å². The zero-order chi connectivity index (χ0) is 16.7. The third-order valence-electron chi connectivity index (χ3n) is 3.47. The Morgan fingerprint density at radius 2 is 2.04 bits per heavy atom. The number of hydrazine groups is 1. The molecule has 23 heavy (non-hydrogen) atoms. The smallest absolute Gasteiger partial charge is 0.265 e. The fourth-order valence-electron chi connectivity index (χ4n) is 2.34. The van der Waals surface area contributed by atoms with Gasteiger partial charge in [0.1, 0.15) is 11.7 Å². The summed E-state index contributed by atoms with van der Waals surface area (Å²) in [6.07, 6.45) is 1.43. The lowest BCUT2D eigenvalue weighted by Gasteiger charge is -2.19. The molecule has 2 heterocycles. The number of hydrogen-bond acceptors (Lipinski definition) is 4. The molecule has 0 aliphatic carbocycles. The maximum atomic E-state index is 14.2. The maximum absolute atomic E-state index is 14.2. The second-order valence-electron chi connectivity index (χ2n) is 4.95. The number of nitrogens with two attached hydrogens (primary N) is 1. The molecule has 1 aromatic heterocycles. The minimum Gasteiger partial charge on any atom is -0.271 e. The van der Waals surface area contributed by atoms with E-state index in [9.17, 15) is 9.18 Å². The molecule has 1 unspecified atom stereocenters. The van der Waals surface area contributed by atoms with Crippen LogP contribution in [-0.4, -0.2) is 22.6 Å². The summed E-state index contributed by atoms with van der Waals surface area (Å²) in [7, 11) is 0. The van der Waals surface area contributed by atoms with E-state index in [-0.39, 0.29) is 32.7 Å². The number of fused-ring (bicyclic) bond motifs is 1. The fraction of sp³-hybridized carbons (Fsp3) is 0.133. The lowest BCUT2D eigenvalue weighted by molar-refractivity contribution is -0.119. The van der Waals surface area contributed by atoms with Crippen LogP contribution < -0.4 is 10.9 Å². The summed E-state index contributed by atoms with van der Waals surface area (Å²) in [5.74, 6) is 4.84. The van der Waals surface area contributed by atoms with E-state index in [1.165, 1.54) is 30.5 Å². The summed E-state index contributed by atoms with van der Waals surface area (Å²) in [6.45, 7) is 1.56. The van der Waals surface area contributed by atoms with Crippen molar-refractivity contribution in [1.29, 1.82) is 0 Å². The van der Waals surface area contributed by atoms with Gasteiger partial charge in [-0.05, 0) is 31.2 Å². The van der Waals surface area contributed by atoms with E-state index in [4.69, 9.17) is 29.0 Å². The van der Waals surface area contributed by atoms with E-state index in [1.807, 2.05) is 0 Å². The van der Waals surface area contributed by atoms with Crippen LogP contribution in [0.15, 0.2) is 35.5 Å². The minimum absolute atomic E-state index is 0.0205. The molecule has 0 spiro atoms. The molecule has 0 saturated heterocycles. The highest BCUT2D eigenvalue weighted by molar-refractivity contribution is 6.45. The second kappa shape index (κ2) is 5.88. The first-order valence-corrected chi connectivity index (χ1v) is 7.43. The Morgan fingerprint density at radius 1 is 1.30 bits per heavy atom. The number of anilines is 1. The van der Waals surface area contributed by atoms with Crippen LogP contribution in [0.2, 0.25) is 10.0 Å². The molecule has 1 aromatic carbocycles. The molecule has 1 amide bonds. The summed E-state index contributed by atoms with van der Waals surface area (Å²) in [5.41, 5.74) is 0.682. The molecule has 1 aliphatic rings. The fourth-order valence-corrected chi connectivity index (χ4v) is 2.75. The zero-order valence-electron chi connectivity index (χ0n) is 11.9. The van der Waals surface area contributed by atoms with Crippen LogP contribution in [-0.2, 0) is 4.79 Å². The van der Waals surface area contributed by atoms with Crippen LogP contribution in [0.25, 0.3) is 0 Å². The number of aliphatic imine (C=N–C) groups is 1. The molecule has 0 fully saturated rings. The largest absolute Gasteiger partial charge is 0.271 e. The number of rotatable bonds is 1. The Morgan fingerprint density at radius 3 is 2.74 bits per heavy atom. The molecule has 8 heteroatoms. The predicted octanol–water partition coefficient (Wildman–Crippen LogP) is 2.97. The number of carbonyl (C=O) groups excluding carboxylic acids is 1. The topological polar surface area (TPSA) is 71.6 Å². The van der Waals surface area contributed by atoms with Crippen LogP contribution in [0.1, 0.15) is 18.2 Å². The Bertz CT molecular complexity index is 840. The van der Waals surface area contributed by atoms with Gasteiger partial charge in [0.15, 0.2) is 5.82 Å². The summed E-state index contributed by atoms with van der Waals surface area (Å²) >= 11 is 12.4. The van der Waals surface area contributed by atoms with E-state index in [0.29, 0.717) is 0 Å².